The van der Waals surface area contributed by atoms with Crippen molar-refractivity contribution in [1.82, 2.24) is 0 Å². The predicted octanol–water partition coefficient (Wildman–Crippen LogP) is 3.62. The van der Waals surface area contributed by atoms with Crippen LogP contribution in [0, 0.1) is 10.8 Å². The lowest BCUT2D eigenvalue weighted by molar-refractivity contribution is -0.279. The molecule has 6 fully saturated rings. The van der Waals surface area contributed by atoms with Crippen LogP contribution in [-0.4, -0.2) is 8.65 Å². The van der Waals surface area contributed by atoms with Crippen LogP contribution >= 0.6 is 31.9 Å². The summed E-state index contributed by atoms with van der Waals surface area (Å²) >= 11 is 7.66. The lowest BCUT2D eigenvalue weighted by Gasteiger charge is -2.85. The van der Waals surface area contributed by atoms with Gasteiger partial charge in [0.15, 0.2) is 0 Å². The van der Waals surface area contributed by atoms with Crippen LogP contribution in [0.1, 0.15) is 38.5 Å². The molecule has 0 spiro atoms. The molecule has 0 unspecified atom stereocenters. The van der Waals surface area contributed by atoms with Gasteiger partial charge in [0.1, 0.15) is 0 Å². The zero-order chi connectivity index (χ0) is 8.24. The second kappa shape index (κ2) is 1.50. The molecule has 0 aromatic rings. The molecule has 0 radical (unpaired) electrons. The summed E-state index contributed by atoms with van der Waals surface area (Å²) < 4.78 is 1.25. The quantitative estimate of drug-likeness (QED) is 0.647. The molecule has 0 saturated heterocycles. The normalized spacial score (nSPS) is 76.5. The smallest absolute Gasteiger partial charge is 0.0274 e. The van der Waals surface area contributed by atoms with Gasteiger partial charge in [-0.1, -0.05) is 31.9 Å². The molecule has 0 aliphatic heterocycles. The molecular formula is C10H12Br2. The van der Waals surface area contributed by atoms with E-state index in [1.54, 1.807) is 0 Å². The van der Waals surface area contributed by atoms with Crippen LogP contribution < -0.4 is 0 Å². The van der Waals surface area contributed by atoms with E-state index in [1.165, 1.54) is 38.5 Å². The molecule has 6 aliphatic carbocycles. The Balaban J connectivity index is 1.63. The maximum Gasteiger partial charge on any atom is 0.0274 e. The summed E-state index contributed by atoms with van der Waals surface area (Å²) in [5.41, 5.74) is 1.65. The van der Waals surface area contributed by atoms with Gasteiger partial charge in [-0.3, -0.25) is 0 Å². The van der Waals surface area contributed by atoms with Crippen molar-refractivity contribution in [1.29, 1.82) is 0 Å². The number of hydrogen-bond donors (Lipinski definition) is 0. The minimum absolute atomic E-state index is 0.627. The number of hydrogen-bond acceptors (Lipinski definition) is 0. The molecule has 66 valence electrons. The van der Waals surface area contributed by atoms with E-state index in [9.17, 15) is 0 Å². The first-order valence-corrected chi connectivity index (χ1v) is 6.46. The molecule has 6 aliphatic rings. The molecule has 0 heterocycles. The molecule has 6 saturated carbocycles. The lowest BCUT2D eigenvalue weighted by atomic mass is 9.24. The van der Waals surface area contributed by atoms with Crippen molar-refractivity contribution in [3.63, 3.8) is 0 Å². The monoisotopic (exact) mass is 290 g/mol. The molecule has 12 heavy (non-hydrogen) atoms. The fourth-order valence-electron chi connectivity index (χ4n) is 4.45. The highest BCUT2D eigenvalue weighted by molar-refractivity contribution is 9.10. The second-order valence-electron chi connectivity index (χ2n) is 5.92. The molecule has 0 amide bonds. The average Bonchev–Trinajstić information content (AvgIpc) is 1.69. The first kappa shape index (κ1) is 7.28. The van der Waals surface area contributed by atoms with Gasteiger partial charge in [-0.15, -0.1) is 0 Å². The van der Waals surface area contributed by atoms with Crippen molar-refractivity contribution in [2.45, 2.75) is 47.2 Å². The molecule has 0 aromatic heterocycles. The molecule has 0 aromatic carbocycles. The third kappa shape index (κ3) is 0.515. The van der Waals surface area contributed by atoms with E-state index >= 15 is 0 Å². The van der Waals surface area contributed by atoms with Crippen LogP contribution in [0.4, 0.5) is 0 Å². The number of halogens is 2. The maximum atomic E-state index is 3.83. The first-order chi connectivity index (χ1) is 5.49. The highest BCUT2D eigenvalue weighted by atomic mass is 79.9. The van der Waals surface area contributed by atoms with Crippen LogP contribution in [0.3, 0.4) is 0 Å². The summed E-state index contributed by atoms with van der Waals surface area (Å²) in [5.74, 6) is 0. The molecule has 4 bridgehead atoms. The Morgan fingerprint density at radius 3 is 1.00 bits per heavy atom. The van der Waals surface area contributed by atoms with E-state index in [-0.39, 0.29) is 0 Å². The fraction of sp³-hybridized carbons (Fsp3) is 1.00. The van der Waals surface area contributed by atoms with Gasteiger partial charge in [0.05, 0.1) is 0 Å². The van der Waals surface area contributed by atoms with Gasteiger partial charge in [0.25, 0.3) is 0 Å². The molecule has 0 atom stereocenters. The van der Waals surface area contributed by atoms with Crippen LogP contribution in [0.2, 0.25) is 0 Å². The largest absolute Gasteiger partial charge is 0.0853 e. The zero-order valence-corrected chi connectivity index (χ0v) is 10.2. The third-order valence-electron chi connectivity index (χ3n) is 5.06. The van der Waals surface area contributed by atoms with Gasteiger partial charge < -0.3 is 0 Å². The van der Waals surface area contributed by atoms with Gasteiger partial charge >= 0.3 is 0 Å². The maximum absolute atomic E-state index is 3.83. The lowest BCUT2D eigenvalue weighted by Crippen LogP contribution is -2.80. The highest BCUT2D eigenvalue weighted by Crippen LogP contribution is 2.89. The first-order valence-electron chi connectivity index (χ1n) is 4.87. The van der Waals surface area contributed by atoms with Crippen molar-refractivity contribution in [2.75, 3.05) is 0 Å². The van der Waals surface area contributed by atoms with Crippen molar-refractivity contribution < 1.29 is 0 Å². The minimum Gasteiger partial charge on any atom is -0.0853 e. The summed E-state index contributed by atoms with van der Waals surface area (Å²) in [4.78, 5) is 0. The Labute approximate surface area is 89.7 Å². The predicted molar refractivity (Wildman–Crippen MR) is 55.9 cm³/mol. The molecular weight excluding hydrogens is 280 g/mol. The SMILES string of the molecule is BrC12CC(C34CC(Br)(C3)C4)(C1)C2. The Kier molecular flexibility index (Phi) is 0.909. The number of alkyl halides is 2. The van der Waals surface area contributed by atoms with Crippen molar-refractivity contribution >= 4 is 31.9 Å². The topological polar surface area (TPSA) is 0 Å². The molecule has 6 rings (SSSR count). The van der Waals surface area contributed by atoms with Gasteiger partial charge in [-0.2, -0.15) is 0 Å². The Bertz CT molecular complexity index is 225. The van der Waals surface area contributed by atoms with Crippen LogP contribution in [0.25, 0.3) is 0 Å². The van der Waals surface area contributed by atoms with Crippen LogP contribution in [0.15, 0.2) is 0 Å². The third-order valence-corrected chi connectivity index (χ3v) is 6.74. The highest BCUT2D eigenvalue weighted by Gasteiger charge is 2.83. The van der Waals surface area contributed by atoms with E-state index in [0.29, 0.717) is 8.65 Å². The van der Waals surface area contributed by atoms with Crippen LogP contribution in [0.5, 0.6) is 0 Å². The van der Waals surface area contributed by atoms with Gasteiger partial charge in [-0.25, -0.2) is 0 Å². The van der Waals surface area contributed by atoms with Crippen molar-refractivity contribution in [3.8, 4) is 0 Å². The Morgan fingerprint density at radius 1 is 0.583 bits per heavy atom. The Hall–Kier alpha value is 0.960. The molecule has 0 N–H and O–H groups in total. The van der Waals surface area contributed by atoms with E-state index in [2.05, 4.69) is 31.9 Å². The summed E-state index contributed by atoms with van der Waals surface area (Å²) in [6.45, 7) is 0. The second-order valence-corrected chi connectivity index (χ2v) is 9.29. The zero-order valence-electron chi connectivity index (χ0n) is 7.00. The number of rotatable bonds is 1. The Morgan fingerprint density at radius 2 is 0.833 bits per heavy atom. The summed E-state index contributed by atoms with van der Waals surface area (Å²) in [6, 6.07) is 0. The van der Waals surface area contributed by atoms with Gasteiger partial charge in [0, 0.05) is 8.65 Å². The van der Waals surface area contributed by atoms with Crippen LogP contribution in [-0.2, 0) is 0 Å². The average molecular weight is 292 g/mol. The van der Waals surface area contributed by atoms with E-state index in [1.807, 2.05) is 0 Å². The van der Waals surface area contributed by atoms with Crippen molar-refractivity contribution in [3.05, 3.63) is 0 Å². The molecule has 0 nitrogen and oxygen atoms in total. The summed E-state index contributed by atoms with van der Waals surface area (Å²) in [5, 5.41) is 0. The van der Waals surface area contributed by atoms with E-state index in [0.717, 1.165) is 10.8 Å². The minimum atomic E-state index is 0.627. The van der Waals surface area contributed by atoms with Gasteiger partial charge in [-0.05, 0) is 49.4 Å². The van der Waals surface area contributed by atoms with E-state index in [4.69, 9.17) is 0 Å². The van der Waals surface area contributed by atoms with Crippen molar-refractivity contribution in [2.24, 2.45) is 10.8 Å². The fourth-order valence-corrected chi connectivity index (χ4v) is 7.67. The summed E-state index contributed by atoms with van der Waals surface area (Å²) in [6.07, 6.45) is 8.94. The summed E-state index contributed by atoms with van der Waals surface area (Å²) in [7, 11) is 0. The standard InChI is InChI=1S/C10H12Br2/c11-9-1-7(2-9,3-9)8-4-10(12,5-8)6-8/h1-6H2. The molecule has 2 heteroatoms. The van der Waals surface area contributed by atoms with Gasteiger partial charge in [0.2, 0.25) is 0 Å². The van der Waals surface area contributed by atoms with E-state index < -0.39 is 0 Å².